The SMILES string of the molecule is O=c1c(Br)c(Cl)ncn1Cc1ccc(Br)cc1[N+](=O)[O-]. The lowest BCUT2D eigenvalue weighted by atomic mass is 10.2. The van der Waals surface area contributed by atoms with Crippen LogP contribution in [0.3, 0.4) is 0 Å². The van der Waals surface area contributed by atoms with Gasteiger partial charge in [-0.25, -0.2) is 4.98 Å². The van der Waals surface area contributed by atoms with Crippen LogP contribution in [0, 0.1) is 10.1 Å². The van der Waals surface area contributed by atoms with Crippen LogP contribution in [-0.4, -0.2) is 14.5 Å². The fourth-order valence-electron chi connectivity index (χ4n) is 1.58. The molecule has 0 unspecified atom stereocenters. The van der Waals surface area contributed by atoms with Crippen molar-refractivity contribution in [3.8, 4) is 0 Å². The van der Waals surface area contributed by atoms with Crippen molar-refractivity contribution in [3.05, 3.63) is 64.7 Å². The van der Waals surface area contributed by atoms with Crippen LogP contribution in [0.1, 0.15) is 5.56 Å². The van der Waals surface area contributed by atoms with Crippen LogP contribution in [-0.2, 0) is 6.54 Å². The zero-order valence-corrected chi connectivity index (χ0v) is 13.6. The van der Waals surface area contributed by atoms with E-state index in [1.54, 1.807) is 12.1 Å². The van der Waals surface area contributed by atoms with Crippen molar-refractivity contribution < 1.29 is 4.92 Å². The third-order valence-corrected chi connectivity index (χ3v) is 4.25. The summed E-state index contributed by atoms with van der Waals surface area (Å²) in [6.07, 6.45) is 1.25. The van der Waals surface area contributed by atoms with E-state index in [1.165, 1.54) is 17.0 Å². The predicted octanol–water partition coefficient (Wildman–Crippen LogP) is 3.38. The smallest absolute Gasteiger partial charge is 0.275 e. The molecule has 0 saturated heterocycles. The molecule has 0 fully saturated rings. The van der Waals surface area contributed by atoms with Gasteiger partial charge in [0.05, 0.1) is 17.8 Å². The van der Waals surface area contributed by atoms with E-state index in [1.807, 2.05) is 0 Å². The summed E-state index contributed by atoms with van der Waals surface area (Å²) < 4.78 is 1.96. The molecule has 0 N–H and O–H groups in total. The molecule has 0 amide bonds. The van der Waals surface area contributed by atoms with Gasteiger partial charge in [-0.15, -0.1) is 0 Å². The maximum Gasteiger partial charge on any atom is 0.275 e. The first-order chi connectivity index (χ1) is 9.40. The highest BCUT2D eigenvalue weighted by molar-refractivity contribution is 9.10. The van der Waals surface area contributed by atoms with Gasteiger partial charge in [0.15, 0.2) is 5.15 Å². The van der Waals surface area contributed by atoms with E-state index in [4.69, 9.17) is 11.6 Å². The normalized spacial score (nSPS) is 10.6. The fraction of sp³-hybridized carbons (Fsp3) is 0.0909. The summed E-state index contributed by atoms with van der Waals surface area (Å²) in [5.41, 5.74) is -0.0733. The zero-order valence-electron chi connectivity index (χ0n) is 9.72. The molecule has 2 rings (SSSR count). The Bertz CT molecular complexity index is 748. The van der Waals surface area contributed by atoms with Crippen molar-refractivity contribution in [2.45, 2.75) is 6.54 Å². The number of nitro benzene ring substituents is 1. The van der Waals surface area contributed by atoms with Crippen molar-refractivity contribution in [2.75, 3.05) is 0 Å². The minimum Gasteiger partial charge on any atom is -0.293 e. The summed E-state index contributed by atoms with van der Waals surface area (Å²) in [5.74, 6) is 0. The average Bonchev–Trinajstić information content (AvgIpc) is 2.41. The zero-order chi connectivity index (χ0) is 14.9. The Balaban J connectivity index is 2.48. The summed E-state index contributed by atoms with van der Waals surface area (Å²) >= 11 is 11.9. The second-order valence-corrected chi connectivity index (χ2v) is 5.88. The van der Waals surface area contributed by atoms with Crippen molar-refractivity contribution in [1.29, 1.82) is 0 Å². The lowest BCUT2D eigenvalue weighted by Gasteiger charge is -2.07. The number of benzene rings is 1. The number of halogens is 3. The first kappa shape index (κ1) is 15.1. The summed E-state index contributed by atoms with van der Waals surface area (Å²) in [6, 6.07) is 4.64. The standard InChI is InChI=1S/C11H6Br2ClN3O3/c12-7-2-1-6(8(3-7)17(19)20)4-16-5-15-10(14)9(13)11(16)18/h1-3,5H,4H2. The molecule has 0 aliphatic rings. The van der Waals surface area contributed by atoms with E-state index in [0.717, 1.165) is 0 Å². The summed E-state index contributed by atoms with van der Waals surface area (Å²) in [7, 11) is 0. The van der Waals surface area contributed by atoms with Crippen LogP contribution >= 0.6 is 43.5 Å². The maximum absolute atomic E-state index is 12.0. The Morgan fingerprint density at radius 3 is 2.75 bits per heavy atom. The number of hydrogen-bond acceptors (Lipinski definition) is 4. The van der Waals surface area contributed by atoms with Crippen LogP contribution in [0.4, 0.5) is 5.69 Å². The van der Waals surface area contributed by atoms with Crippen LogP contribution in [0.15, 0.2) is 38.3 Å². The first-order valence-electron chi connectivity index (χ1n) is 5.23. The molecule has 20 heavy (non-hydrogen) atoms. The van der Waals surface area contributed by atoms with Gasteiger partial charge in [0, 0.05) is 16.1 Å². The van der Waals surface area contributed by atoms with Gasteiger partial charge in [0.2, 0.25) is 0 Å². The highest BCUT2D eigenvalue weighted by Crippen LogP contribution is 2.24. The Kier molecular flexibility index (Phi) is 4.56. The van der Waals surface area contributed by atoms with Crippen LogP contribution in [0.25, 0.3) is 0 Å². The number of hydrogen-bond donors (Lipinski definition) is 0. The van der Waals surface area contributed by atoms with Gasteiger partial charge in [0.25, 0.3) is 11.2 Å². The average molecular weight is 423 g/mol. The van der Waals surface area contributed by atoms with Crippen molar-refractivity contribution in [1.82, 2.24) is 9.55 Å². The highest BCUT2D eigenvalue weighted by atomic mass is 79.9. The second kappa shape index (κ2) is 6.02. The molecule has 0 saturated carbocycles. The van der Waals surface area contributed by atoms with Crippen LogP contribution in [0.2, 0.25) is 5.15 Å². The quantitative estimate of drug-likeness (QED) is 0.431. The molecule has 0 spiro atoms. The lowest BCUT2D eigenvalue weighted by Crippen LogP contribution is -2.22. The van der Waals surface area contributed by atoms with Gasteiger partial charge in [-0.3, -0.25) is 19.5 Å². The number of aromatic nitrogens is 2. The van der Waals surface area contributed by atoms with E-state index in [9.17, 15) is 14.9 Å². The maximum atomic E-state index is 12.0. The molecule has 6 nitrogen and oxygen atoms in total. The fourth-order valence-corrected chi connectivity index (χ4v) is 2.38. The largest absolute Gasteiger partial charge is 0.293 e. The molecule has 2 aromatic rings. The summed E-state index contributed by atoms with van der Waals surface area (Å²) in [4.78, 5) is 26.3. The number of rotatable bonds is 3. The minimum atomic E-state index is -0.497. The molecule has 0 radical (unpaired) electrons. The first-order valence-corrected chi connectivity index (χ1v) is 7.20. The third-order valence-electron chi connectivity index (χ3n) is 2.52. The van der Waals surface area contributed by atoms with E-state index >= 15 is 0 Å². The number of nitrogens with zero attached hydrogens (tertiary/aromatic N) is 3. The third kappa shape index (κ3) is 3.08. The summed E-state index contributed by atoms with van der Waals surface area (Å²) in [5, 5.41) is 11.1. The van der Waals surface area contributed by atoms with Crippen LogP contribution in [0.5, 0.6) is 0 Å². The van der Waals surface area contributed by atoms with Gasteiger partial charge < -0.3 is 0 Å². The molecular formula is C11H6Br2ClN3O3. The Hall–Kier alpha value is -1.25. The van der Waals surface area contributed by atoms with E-state index in [2.05, 4.69) is 36.8 Å². The highest BCUT2D eigenvalue weighted by Gasteiger charge is 2.16. The lowest BCUT2D eigenvalue weighted by molar-refractivity contribution is -0.385. The van der Waals surface area contributed by atoms with Gasteiger partial charge in [-0.05, 0) is 28.1 Å². The van der Waals surface area contributed by atoms with Gasteiger partial charge in [0.1, 0.15) is 4.47 Å². The van der Waals surface area contributed by atoms with Gasteiger partial charge in [-0.2, -0.15) is 0 Å². The summed E-state index contributed by atoms with van der Waals surface area (Å²) in [6.45, 7) is 0.0329. The molecule has 1 aromatic carbocycles. The minimum absolute atomic E-state index is 0.0329. The molecule has 0 bridgehead atoms. The number of nitro groups is 1. The van der Waals surface area contributed by atoms with Crippen LogP contribution < -0.4 is 5.56 Å². The Morgan fingerprint density at radius 1 is 1.40 bits per heavy atom. The molecule has 1 aromatic heterocycles. The van der Waals surface area contributed by atoms with E-state index in [-0.39, 0.29) is 21.9 Å². The second-order valence-electron chi connectivity index (χ2n) is 3.81. The molecule has 1 heterocycles. The van der Waals surface area contributed by atoms with Crippen molar-refractivity contribution in [2.24, 2.45) is 0 Å². The molecule has 0 aliphatic heterocycles. The van der Waals surface area contributed by atoms with Crippen molar-refractivity contribution >= 4 is 49.1 Å². The Morgan fingerprint density at radius 2 is 2.10 bits per heavy atom. The van der Waals surface area contributed by atoms with Crippen molar-refractivity contribution in [3.63, 3.8) is 0 Å². The monoisotopic (exact) mass is 421 g/mol. The topological polar surface area (TPSA) is 78.0 Å². The van der Waals surface area contributed by atoms with Gasteiger partial charge in [-0.1, -0.05) is 27.5 Å². The predicted molar refractivity (Wildman–Crippen MR) is 81.1 cm³/mol. The molecule has 9 heteroatoms. The molecule has 0 atom stereocenters. The van der Waals surface area contributed by atoms with E-state index < -0.39 is 10.5 Å². The molecular weight excluding hydrogens is 417 g/mol. The molecule has 0 aliphatic carbocycles. The Labute approximate surface area is 134 Å². The van der Waals surface area contributed by atoms with E-state index in [0.29, 0.717) is 10.0 Å². The molecule has 104 valence electrons. The van der Waals surface area contributed by atoms with Gasteiger partial charge >= 0.3 is 0 Å².